The van der Waals surface area contributed by atoms with Gasteiger partial charge in [-0.05, 0) is 57.8 Å². The van der Waals surface area contributed by atoms with Gasteiger partial charge in [0.05, 0.1) is 4.90 Å². The number of aryl methyl sites for hydroxylation is 1. The quantitative estimate of drug-likeness (QED) is 0.852. The molecule has 2 fully saturated rings. The van der Waals surface area contributed by atoms with E-state index in [9.17, 15) is 8.42 Å². The van der Waals surface area contributed by atoms with E-state index in [1.54, 1.807) is 16.4 Å². The van der Waals surface area contributed by atoms with Gasteiger partial charge in [0, 0.05) is 19.1 Å². The number of hydrogen-bond acceptors (Lipinski definition) is 3. The smallest absolute Gasteiger partial charge is 0.243 e. The first kappa shape index (κ1) is 16.9. The molecule has 2 saturated heterocycles. The van der Waals surface area contributed by atoms with E-state index in [0.29, 0.717) is 24.0 Å². The van der Waals surface area contributed by atoms with Crippen molar-refractivity contribution >= 4 is 10.0 Å². The summed E-state index contributed by atoms with van der Waals surface area (Å²) in [5.74, 6) is 0. The van der Waals surface area contributed by atoms with E-state index < -0.39 is 10.0 Å². The zero-order valence-electron chi connectivity index (χ0n) is 14.1. The summed E-state index contributed by atoms with van der Waals surface area (Å²) in [6.45, 7) is 5.54. The SMILES string of the molecule is Cc1ccc(S(=O)(=O)N2CCCC(N3CCCCCC3)C2)cc1. The van der Waals surface area contributed by atoms with Crippen molar-refractivity contribution in [1.82, 2.24) is 9.21 Å². The van der Waals surface area contributed by atoms with Gasteiger partial charge in [-0.15, -0.1) is 0 Å². The van der Waals surface area contributed by atoms with Crippen molar-refractivity contribution in [2.75, 3.05) is 26.2 Å². The van der Waals surface area contributed by atoms with Gasteiger partial charge in [0.15, 0.2) is 0 Å². The summed E-state index contributed by atoms with van der Waals surface area (Å²) >= 11 is 0. The molecule has 128 valence electrons. The molecule has 3 rings (SSSR count). The predicted molar refractivity (Wildman–Crippen MR) is 93.0 cm³/mol. The van der Waals surface area contributed by atoms with Crippen LogP contribution in [0.3, 0.4) is 0 Å². The van der Waals surface area contributed by atoms with Crippen molar-refractivity contribution in [2.45, 2.75) is 56.4 Å². The first-order valence-corrected chi connectivity index (χ1v) is 10.3. The van der Waals surface area contributed by atoms with Crippen molar-refractivity contribution in [1.29, 1.82) is 0 Å². The molecule has 0 saturated carbocycles. The first-order valence-electron chi connectivity index (χ1n) is 8.88. The molecule has 0 N–H and O–H groups in total. The Kier molecular flexibility index (Phi) is 5.39. The predicted octanol–water partition coefficient (Wildman–Crippen LogP) is 3.02. The first-order chi connectivity index (χ1) is 11.1. The highest BCUT2D eigenvalue weighted by Crippen LogP contribution is 2.25. The van der Waals surface area contributed by atoms with Gasteiger partial charge in [0.1, 0.15) is 0 Å². The van der Waals surface area contributed by atoms with Gasteiger partial charge in [0.2, 0.25) is 10.0 Å². The zero-order valence-corrected chi connectivity index (χ0v) is 14.9. The largest absolute Gasteiger partial charge is 0.299 e. The third kappa shape index (κ3) is 3.95. The van der Waals surface area contributed by atoms with E-state index in [-0.39, 0.29) is 0 Å². The summed E-state index contributed by atoms with van der Waals surface area (Å²) in [5, 5.41) is 0. The number of piperidine rings is 1. The average Bonchev–Trinajstić information content (AvgIpc) is 2.85. The van der Waals surface area contributed by atoms with Crippen molar-refractivity contribution < 1.29 is 8.42 Å². The second-order valence-electron chi connectivity index (χ2n) is 6.92. The van der Waals surface area contributed by atoms with Crippen LogP contribution in [0.15, 0.2) is 29.2 Å². The summed E-state index contributed by atoms with van der Waals surface area (Å²) in [6.07, 6.45) is 7.22. The van der Waals surface area contributed by atoms with Crippen molar-refractivity contribution in [3.8, 4) is 0 Å². The second kappa shape index (κ2) is 7.32. The van der Waals surface area contributed by atoms with Crippen LogP contribution < -0.4 is 0 Å². The number of hydrogen-bond donors (Lipinski definition) is 0. The number of sulfonamides is 1. The lowest BCUT2D eigenvalue weighted by atomic mass is 10.1. The van der Waals surface area contributed by atoms with Crippen LogP contribution in [0.2, 0.25) is 0 Å². The molecule has 2 heterocycles. The fourth-order valence-corrected chi connectivity index (χ4v) is 5.27. The maximum Gasteiger partial charge on any atom is 0.243 e. The third-order valence-electron chi connectivity index (χ3n) is 5.18. The topological polar surface area (TPSA) is 40.6 Å². The van der Waals surface area contributed by atoms with Crippen LogP contribution in [-0.2, 0) is 10.0 Å². The van der Waals surface area contributed by atoms with E-state index in [1.807, 2.05) is 19.1 Å². The summed E-state index contributed by atoms with van der Waals surface area (Å²) in [6, 6.07) is 7.62. The highest BCUT2D eigenvalue weighted by Gasteiger charge is 2.32. The van der Waals surface area contributed by atoms with Gasteiger partial charge < -0.3 is 0 Å². The highest BCUT2D eigenvalue weighted by molar-refractivity contribution is 7.89. The summed E-state index contributed by atoms with van der Waals surface area (Å²) < 4.78 is 27.5. The standard InChI is InChI=1S/C18H28N2O2S/c1-16-8-10-18(11-9-16)23(21,22)20-14-6-7-17(15-20)19-12-4-2-3-5-13-19/h8-11,17H,2-7,12-15H2,1H3. The van der Waals surface area contributed by atoms with Gasteiger partial charge in [-0.2, -0.15) is 4.31 Å². The minimum absolute atomic E-state index is 0.391. The molecule has 0 radical (unpaired) electrons. The molecule has 4 nitrogen and oxygen atoms in total. The molecular weight excluding hydrogens is 308 g/mol. The van der Waals surface area contributed by atoms with Crippen LogP contribution >= 0.6 is 0 Å². The molecule has 1 atom stereocenters. The zero-order chi connectivity index (χ0) is 16.3. The van der Waals surface area contributed by atoms with E-state index in [1.165, 1.54) is 25.7 Å². The molecule has 0 amide bonds. The number of benzene rings is 1. The molecule has 5 heteroatoms. The fourth-order valence-electron chi connectivity index (χ4n) is 3.76. The molecular formula is C18H28N2O2S. The van der Waals surface area contributed by atoms with Crippen molar-refractivity contribution in [3.05, 3.63) is 29.8 Å². The Morgan fingerprint density at radius 1 is 0.913 bits per heavy atom. The molecule has 0 aromatic heterocycles. The Morgan fingerprint density at radius 3 is 2.22 bits per heavy atom. The maximum atomic E-state index is 12.9. The van der Waals surface area contributed by atoms with Crippen LogP contribution in [0.4, 0.5) is 0 Å². The molecule has 0 bridgehead atoms. The normalized spacial score (nSPS) is 25.2. The van der Waals surface area contributed by atoms with Crippen LogP contribution in [0.5, 0.6) is 0 Å². The Balaban J connectivity index is 1.73. The van der Waals surface area contributed by atoms with Gasteiger partial charge in [-0.25, -0.2) is 8.42 Å². The van der Waals surface area contributed by atoms with E-state index in [4.69, 9.17) is 0 Å². The second-order valence-corrected chi connectivity index (χ2v) is 8.86. The number of nitrogens with zero attached hydrogens (tertiary/aromatic N) is 2. The van der Waals surface area contributed by atoms with Crippen LogP contribution in [0.1, 0.15) is 44.1 Å². The average molecular weight is 337 g/mol. The minimum atomic E-state index is -3.35. The Labute approximate surface area is 140 Å². The molecule has 1 aromatic carbocycles. The van der Waals surface area contributed by atoms with E-state index in [2.05, 4.69) is 4.90 Å². The van der Waals surface area contributed by atoms with Gasteiger partial charge in [-0.1, -0.05) is 30.5 Å². The summed E-state index contributed by atoms with van der Waals surface area (Å²) in [5.41, 5.74) is 1.09. The Hall–Kier alpha value is -0.910. The van der Waals surface area contributed by atoms with Crippen LogP contribution in [-0.4, -0.2) is 49.8 Å². The molecule has 23 heavy (non-hydrogen) atoms. The molecule has 1 unspecified atom stereocenters. The molecule has 0 aliphatic carbocycles. The van der Waals surface area contributed by atoms with E-state index >= 15 is 0 Å². The minimum Gasteiger partial charge on any atom is -0.299 e. The lowest BCUT2D eigenvalue weighted by Gasteiger charge is -2.38. The molecule has 2 aliphatic rings. The Morgan fingerprint density at radius 2 is 1.57 bits per heavy atom. The van der Waals surface area contributed by atoms with Crippen molar-refractivity contribution in [3.63, 3.8) is 0 Å². The highest BCUT2D eigenvalue weighted by atomic mass is 32.2. The van der Waals surface area contributed by atoms with Crippen LogP contribution in [0, 0.1) is 6.92 Å². The van der Waals surface area contributed by atoms with Crippen LogP contribution in [0.25, 0.3) is 0 Å². The van der Waals surface area contributed by atoms with Gasteiger partial charge in [0.25, 0.3) is 0 Å². The van der Waals surface area contributed by atoms with E-state index in [0.717, 1.165) is 31.5 Å². The molecule has 2 aliphatic heterocycles. The van der Waals surface area contributed by atoms with Gasteiger partial charge in [-0.3, -0.25) is 4.90 Å². The molecule has 0 spiro atoms. The lowest BCUT2D eigenvalue weighted by molar-refractivity contribution is 0.139. The third-order valence-corrected chi connectivity index (χ3v) is 7.05. The monoisotopic (exact) mass is 336 g/mol. The lowest BCUT2D eigenvalue weighted by Crippen LogP contribution is -2.50. The summed E-state index contributed by atoms with van der Waals surface area (Å²) in [4.78, 5) is 2.96. The fraction of sp³-hybridized carbons (Fsp3) is 0.667. The summed E-state index contributed by atoms with van der Waals surface area (Å²) in [7, 11) is -3.35. The van der Waals surface area contributed by atoms with Crippen molar-refractivity contribution in [2.24, 2.45) is 0 Å². The number of likely N-dealkylation sites (tertiary alicyclic amines) is 1. The molecule has 1 aromatic rings. The van der Waals surface area contributed by atoms with Gasteiger partial charge >= 0.3 is 0 Å². The number of rotatable bonds is 3. The Bertz CT molecular complexity index is 604. The maximum absolute atomic E-state index is 12.9.